The van der Waals surface area contributed by atoms with Gasteiger partial charge in [-0.15, -0.1) is 0 Å². The van der Waals surface area contributed by atoms with Gasteiger partial charge in [-0.2, -0.15) is 0 Å². The van der Waals surface area contributed by atoms with E-state index in [2.05, 4.69) is 10.6 Å². The van der Waals surface area contributed by atoms with E-state index in [0.29, 0.717) is 23.7 Å². The third-order valence-corrected chi connectivity index (χ3v) is 3.72. The largest absolute Gasteiger partial charge is 0.497 e. The van der Waals surface area contributed by atoms with Crippen molar-refractivity contribution in [1.29, 1.82) is 0 Å². The monoisotopic (exact) mass is 346 g/mol. The maximum absolute atomic E-state index is 13.2. The number of amides is 1. The van der Waals surface area contributed by atoms with Crippen LogP contribution >= 0.6 is 0 Å². The minimum Gasteiger partial charge on any atom is -0.497 e. The van der Waals surface area contributed by atoms with Crippen LogP contribution in [0.5, 0.6) is 11.5 Å². The van der Waals surface area contributed by atoms with Crippen molar-refractivity contribution in [2.75, 3.05) is 19.5 Å². The number of ether oxygens (including phenoxy) is 2. The zero-order chi connectivity index (χ0) is 18.2. The van der Waals surface area contributed by atoms with Crippen LogP contribution in [0.4, 0.5) is 10.1 Å². The van der Waals surface area contributed by atoms with E-state index in [-0.39, 0.29) is 24.2 Å². The van der Waals surface area contributed by atoms with Gasteiger partial charge in [-0.05, 0) is 36.8 Å². The highest BCUT2D eigenvalue weighted by molar-refractivity contribution is 5.92. The number of anilines is 1. The number of nitrogens with one attached hydrogen (secondary N) is 2. The number of hydrogen-bond acceptors (Lipinski definition) is 4. The lowest BCUT2D eigenvalue weighted by Crippen LogP contribution is -2.30. The molecule has 0 spiro atoms. The molecule has 0 bridgehead atoms. The molecule has 6 heteroatoms. The molecule has 0 radical (unpaired) electrons. The van der Waals surface area contributed by atoms with E-state index in [1.54, 1.807) is 38.5 Å². The lowest BCUT2D eigenvalue weighted by Gasteiger charge is -2.15. The molecular weight excluding hydrogens is 323 g/mol. The highest BCUT2D eigenvalue weighted by Crippen LogP contribution is 2.29. The normalized spacial score (nSPS) is 11.7. The van der Waals surface area contributed by atoms with Crippen molar-refractivity contribution in [2.24, 2.45) is 0 Å². The highest BCUT2D eigenvalue weighted by atomic mass is 19.1. The Morgan fingerprint density at radius 3 is 2.64 bits per heavy atom. The topological polar surface area (TPSA) is 59.6 Å². The average molecular weight is 346 g/mol. The van der Waals surface area contributed by atoms with E-state index in [0.717, 1.165) is 5.56 Å². The summed E-state index contributed by atoms with van der Waals surface area (Å²) in [6, 6.07) is 11.5. The van der Waals surface area contributed by atoms with Gasteiger partial charge in [-0.3, -0.25) is 4.79 Å². The molecule has 0 aliphatic carbocycles. The van der Waals surface area contributed by atoms with Crippen molar-refractivity contribution in [3.8, 4) is 11.5 Å². The summed E-state index contributed by atoms with van der Waals surface area (Å²) < 4.78 is 23.6. The molecule has 2 N–H and O–H groups in total. The smallest absolute Gasteiger partial charge is 0.226 e. The van der Waals surface area contributed by atoms with Crippen LogP contribution in [0.2, 0.25) is 0 Å². The summed E-state index contributed by atoms with van der Waals surface area (Å²) in [5, 5.41) is 6.04. The van der Waals surface area contributed by atoms with Crippen LogP contribution in [-0.2, 0) is 11.3 Å². The Kier molecular flexibility index (Phi) is 6.77. The highest BCUT2D eigenvalue weighted by Gasteiger charge is 2.12. The van der Waals surface area contributed by atoms with Crippen molar-refractivity contribution in [1.82, 2.24) is 5.32 Å². The number of methoxy groups -OCH3 is 2. The Balaban J connectivity index is 1.89. The number of carbonyl (C=O) groups excluding carboxylic acids is 1. The summed E-state index contributed by atoms with van der Waals surface area (Å²) in [5.41, 5.74) is 1.39. The molecule has 25 heavy (non-hydrogen) atoms. The second-order valence-corrected chi connectivity index (χ2v) is 5.73. The summed E-state index contributed by atoms with van der Waals surface area (Å²) >= 11 is 0. The SMILES string of the molecule is COc1ccc(OC)c(NC(=O)CC(C)NCc2cccc(F)c2)c1. The van der Waals surface area contributed by atoms with E-state index < -0.39 is 0 Å². The number of rotatable bonds is 8. The summed E-state index contributed by atoms with van der Waals surface area (Å²) in [5.74, 6) is 0.781. The molecule has 1 amide bonds. The number of carbonyl (C=O) groups is 1. The van der Waals surface area contributed by atoms with Crippen molar-refractivity contribution >= 4 is 11.6 Å². The average Bonchev–Trinajstić information content (AvgIpc) is 2.60. The van der Waals surface area contributed by atoms with Crippen LogP contribution in [0.3, 0.4) is 0 Å². The molecule has 0 fully saturated rings. The van der Waals surface area contributed by atoms with Gasteiger partial charge in [0, 0.05) is 25.1 Å². The lowest BCUT2D eigenvalue weighted by molar-refractivity contribution is -0.116. The quantitative estimate of drug-likeness (QED) is 0.770. The fraction of sp³-hybridized carbons (Fsp3) is 0.316. The van der Waals surface area contributed by atoms with Crippen LogP contribution in [0.1, 0.15) is 18.9 Å². The van der Waals surface area contributed by atoms with E-state index in [1.807, 2.05) is 13.0 Å². The zero-order valence-electron chi connectivity index (χ0n) is 14.6. The first kappa shape index (κ1) is 18.7. The molecule has 134 valence electrons. The Hall–Kier alpha value is -2.60. The summed E-state index contributed by atoms with van der Waals surface area (Å²) in [6.07, 6.45) is 0.273. The van der Waals surface area contributed by atoms with Gasteiger partial charge in [0.05, 0.1) is 19.9 Å². The Morgan fingerprint density at radius 2 is 1.96 bits per heavy atom. The van der Waals surface area contributed by atoms with Gasteiger partial charge in [0.25, 0.3) is 0 Å². The van der Waals surface area contributed by atoms with E-state index in [1.165, 1.54) is 12.1 Å². The van der Waals surface area contributed by atoms with Gasteiger partial charge < -0.3 is 20.1 Å². The van der Waals surface area contributed by atoms with Crippen LogP contribution in [-0.4, -0.2) is 26.2 Å². The minimum absolute atomic E-state index is 0.0696. The first-order valence-electron chi connectivity index (χ1n) is 8.01. The fourth-order valence-electron chi connectivity index (χ4n) is 2.40. The molecule has 2 rings (SSSR count). The van der Waals surface area contributed by atoms with E-state index in [4.69, 9.17) is 9.47 Å². The summed E-state index contributed by atoms with van der Waals surface area (Å²) in [4.78, 5) is 12.2. The summed E-state index contributed by atoms with van der Waals surface area (Å²) in [7, 11) is 3.10. The van der Waals surface area contributed by atoms with Crippen LogP contribution in [0.25, 0.3) is 0 Å². The van der Waals surface area contributed by atoms with Gasteiger partial charge in [-0.1, -0.05) is 12.1 Å². The van der Waals surface area contributed by atoms with Gasteiger partial charge in [0.2, 0.25) is 5.91 Å². The Labute approximate surface area is 147 Å². The molecule has 5 nitrogen and oxygen atoms in total. The van der Waals surface area contributed by atoms with Gasteiger partial charge in [0.1, 0.15) is 17.3 Å². The molecule has 0 aliphatic rings. The van der Waals surface area contributed by atoms with Crippen LogP contribution in [0, 0.1) is 5.82 Å². The number of benzene rings is 2. The molecule has 1 unspecified atom stereocenters. The molecule has 2 aromatic rings. The maximum atomic E-state index is 13.2. The molecular formula is C19H23FN2O3. The van der Waals surface area contributed by atoms with E-state index >= 15 is 0 Å². The zero-order valence-corrected chi connectivity index (χ0v) is 14.6. The number of halogens is 1. The third kappa shape index (κ3) is 5.76. The number of hydrogen-bond donors (Lipinski definition) is 2. The second kappa shape index (κ2) is 9.03. The van der Waals surface area contributed by atoms with Gasteiger partial charge >= 0.3 is 0 Å². The predicted molar refractivity (Wildman–Crippen MR) is 95.5 cm³/mol. The standard InChI is InChI=1S/C19H23FN2O3/c1-13(21-12-14-5-4-6-15(20)10-14)9-19(23)22-17-11-16(24-2)7-8-18(17)25-3/h4-8,10-11,13,21H,9,12H2,1-3H3,(H,22,23). The van der Waals surface area contributed by atoms with Crippen molar-refractivity contribution in [2.45, 2.75) is 25.9 Å². The molecule has 0 aliphatic heterocycles. The summed E-state index contributed by atoms with van der Waals surface area (Å²) in [6.45, 7) is 2.40. The first-order valence-corrected chi connectivity index (χ1v) is 8.01. The predicted octanol–water partition coefficient (Wildman–Crippen LogP) is 3.35. The third-order valence-electron chi connectivity index (χ3n) is 3.72. The first-order chi connectivity index (χ1) is 12.0. The molecule has 0 heterocycles. The van der Waals surface area contributed by atoms with Gasteiger partial charge in [-0.25, -0.2) is 4.39 Å². The molecule has 0 saturated heterocycles. The Morgan fingerprint density at radius 1 is 1.16 bits per heavy atom. The van der Waals surface area contributed by atoms with Crippen LogP contribution < -0.4 is 20.1 Å². The molecule has 0 aromatic heterocycles. The minimum atomic E-state index is -0.269. The Bertz CT molecular complexity index is 722. The molecule has 0 saturated carbocycles. The van der Waals surface area contributed by atoms with Gasteiger partial charge in [0.15, 0.2) is 0 Å². The van der Waals surface area contributed by atoms with E-state index in [9.17, 15) is 9.18 Å². The van der Waals surface area contributed by atoms with Crippen molar-refractivity contribution < 1.29 is 18.7 Å². The maximum Gasteiger partial charge on any atom is 0.226 e. The second-order valence-electron chi connectivity index (χ2n) is 5.73. The van der Waals surface area contributed by atoms with Crippen molar-refractivity contribution in [3.63, 3.8) is 0 Å². The van der Waals surface area contributed by atoms with Crippen molar-refractivity contribution in [3.05, 3.63) is 53.8 Å². The molecule has 1 atom stereocenters. The molecule has 2 aromatic carbocycles. The lowest BCUT2D eigenvalue weighted by atomic mass is 10.1. The van der Waals surface area contributed by atoms with Crippen LogP contribution in [0.15, 0.2) is 42.5 Å². The fourth-order valence-corrected chi connectivity index (χ4v) is 2.40.